The average Bonchev–Trinajstić information content (AvgIpc) is 2.58. The van der Waals surface area contributed by atoms with Crippen molar-refractivity contribution in [3.63, 3.8) is 0 Å². The zero-order valence-corrected chi connectivity index (χ0v) is 14.0. The predicted molar refractivity (Wildman–Crippen MR) is 91.2 cm³/mol. The molecule has 0 saturated carbocycles. The quantitative estimate of drug-likeness (QED) is 0.602. The molecular formula is C18H20N2O4. The highest BCUT2D eigenvalue weighted by atomic mass is 16.5. The van der Waals surface area contributed by atoms with E-state index in [0.717, 1.165) is 5.56 Å². The van der Waals surface area contributed by atoms with Crippen LogP contribution in [0.15, 0.2) is 46.8 Å². The number of esters is 1. The van der Waals surface area contributed by atoms with E-state index < -0.39 is 5.97 Å². The molecule has 24 heavy (non-hydrogen) atoms. The molecule has 2 aromatic rings. The fourth-order valence-electron chi connectivity index (χ4n) is 2.19. The van der Waals surface area contributed by atoms with Gasteiger partial charge in [0.2, 0.25) is 0 Å². The van der Waals surface area contributed by atoms with Crippen molar-refractivity contribution in [2.75, 3.05) is 13.7 Å². The van der Waals surface area contributed by atoms with Crippen LogP contribution in [0.2, 0.25) is 0 Å². The van der Waals surface area contributed by atoms with Crippen LogP contribution in [0.3, 0.4) is 0 Å². The van der Waals surface area contributed by atoms with Crippen molar-refractivity contribution in [2.24, 2.45) is 0 Å². The molecule has 6 nitrogen and oxygen atoms in total. The molecule has 0 saturated heterocycles. The molecule has 0 unspecified atom stereocenters. The molecule has 0 aliphatic heterocycles. The minimum Gasteiger partial charge on any atom is -0.463 e. The second kappa shape index (κ2) is 8.21. The van der Waals surface area contributed by atoms with Crippen LogP contribution >= 0.6 is 0 Å². The molecule has 1 aromatic carbocycles. The van der Waals surface area contributed by atoms with E-state index in [1.165, 1.54) is 17.9 Å². The fourth-order valence-corrected chi connectivity index (χ4v) is 2.19. The van der Waals surface area contributed by atoms with Crippen molar-refractivity contribution in [1.29, 1.82) is 0 Å². The molecular weight excluding hydrogens is 308 g/mol. The number of rotatable bonds is 6. The van der Waals surface area contributed by atoms with E-state index in [4.69, 9.17) is 9.47 Å². The van der Waals surface area contributed by atoms with Gasteiger partial charge >= 0.3 is 5.97 Å². The molecule has 0 atom stereocenters. The van der Waals surface area contributed by atoms with E-state index in [-0.39, 0.29) is 12.3 Å². The first-order valence-corrected chi connectivity index (χ1v) is 7.58. The third-order valence-electron chi connectivity index (χ3n) is 3.30. The van der Waals surface area contributed by atoms with Crippen molar-refractivity contribution < 1.29 is 14.3 Å². The predicted octanol–water partition coefficient (Wildman–Crippen LogP) is 2.48. The van der Waals surface area contributed by atoms with Gasteiger partial charge in [0.15, 0.2) is 0 Å². The summed E-state index contributed by atoms with van der Waals surface area (Å²) in [6.45, 7) is 3.74. The Labute approximate surface area is 140 Å². The molecule has 6 heteroatoms. The average molecular weight is 328 g/mol. The Balaban J connectivity index is 2.57. The Morgan fingerprint density at radius 3 is 2.62 bits per heavy atom. The number of methoxy groups -OCH3 is 1. The fraction of sp³-hybridized carbons (Fsp3) is 0.278. The van der Waals surface area contributed by atoms with Gasteiger partial charge < -0.3 is 9.47 Å². The van der Waals surface area contributed by atoms with Crippen molar-refractivity contribution in [3.8, 4) is 11.3 Å². The number of nitrogens with zero attached hydrogens (tertiary/aromatic N) is 2. The molecule has 0 amide bonds. The summed E-state index contributed by atoms with van der Waals surface area (Å²) in [6.07, 6.45) is 1.62. The first-order valence-electron chi connectivity index (χ1n) is 7.58. The number of carbonyl (C=O) groups is 1. The SMILES string of the molecule is CCOC(=O)/C(C)=C/c1cc(=O)n(COC)nc1-c1ccccc1. The summed E-state index contributed by atoms with van der Waals surface area (Å²) in [6, 6.07) is 10.9. The number of aromatic nitrogens is 2. The van der Waals surface area contributed by atoms with E-state index in [9.17, 15) is 9.59 Å². The summed E-state index contributed by atoms with van der Waals surface area (Å²) in [5.74, 6) is -0.419. The molecule has 0 aliphatic carbocycles. The summed E-state index contributed by atoms with van der Waals surface area (Å²) in [7, 11) is 1.50. The molecule has 0 N–H and O–H groups in total. The van der Waals surface area contributed by atoms with Gasteiger partial charge in [-0.2, -0.15) is 5.10 Å². The summed E-state index contributed by atoms with van der Waals surface area (Å²) in [5.41, 5.74) is 2.09. The maximum atomic E-state index is 12.2. The Hall–Kier alpha value is -2.73. The summed E-state index contributed by atoms with van der Waals surface area (Å²) in [5, 5.41) is 4.37. The highest BCUT2D eigenvalue weighted by molar-refractivity contribution is 5.94. The number of ether oxygens (including phenoxy) is 2. The van der Waals surface area contributed by atoms with E-state index in [2.05, 4.69) is 5.10 Å². The molecule has 0 spiro atoms. The lowest BCUT2D eigenvalue weighted by Crippen LogP contribution is -2.24. The van der Waals surface area contributed by atoms with Crippen molar-refractivity contribution in [1.82, 2.24) is 9.78 Å². The Kier molecular flexibility index (Phi) is 6.03. The standard InChI is InChI=1S/C18H20N2O4/c1-4-24-18(22)13(2)10-15-11-16(21)20(12-23-3)19-17(15)14-8-6-5-7-9-14/h5-11H,4,12H2,1-3H3/b13-10+. The van der Waals surface area contributed by atoms with Gasteiger partial charge in [0.05, 0.1) is 12.3 Å². The number of hydrogen-bond acceptors (Lipinski definition) is 5. The van der Waals surface area contributed by atoms with Crippen LogP contribution in [0.4, 0.5) is 0 Å². The lowest BCUT2D eigenvalue weighted by atomic mass is 10.0. The second-order valence-electron chi connectivity index (χ2n) is 5.12. The Morgan fingerprint density at radius 1 is 1.29 bits per heavy atom. The third kappa shape index (κ3) is 4.17. The summed E-state index contributed by atoms with van der Waals surface area (Å²) >= 11 is 0. The lowest BCUT2D eigenvalue weighted by molar-refractivity contribution is -0.138. The van der Waals surface area contributed by atoms with Gasteiger partial charge in [-0.25, -0.2) is 9.48 Å². The molecule has 1 aromatic heterocycles. The van der Waals surface area contributed by atoms with Crippen LogP contribution in [-0.4, -0.2) is 29.5 Å². The van der Waals surface area contributed by atoms with Gasteiger partial charge in [-0.15, -0.1) is 0 Å². The van der Waals surface area contributed by atoms with Crippen LogP contribution in [0.1, 0.15) is 19.4 Å². The van der Waals surface area contributed by atoms with E-state index >= 15 is 0 Å². The van der Waals surface area contributed by atoms with Gasteiger partial charge in [-0.3, -0.25) is 4.79 Å². The largest absolute Gasteiger partial charge is 0.463 e. The van der Waals surface area contributed by atoms with Crippen LogP contribution in [0, 0.1) is 0 Å². The molecule has 0 bridgehead atoms. The number of benzene rings is 1. The van der Waals surface area contributed by atoms with Crippen LogP contribution < -0.4 is 5.56 Å². The normalized spacial score (nSPS) is 11.4. The number of carbonyl (C=O) groups excluding carboxylic acids is 1. The molecule has 2 rings (SSSR count). The Morgan fingerprint density at radius 2 is 2.00 bits per heavy atom. The zero-order valence-electron chi connectivity index (χ0n) is 14.0. The lowest BCUT2D eigenvalue weighted by Gasteiger charge is -2.10. The van der Waals surface area contributed by atoms with Gasteiger partial charge in [-0.05, 0) is 19.9 Å². The van der Waals surface area contributed by atoms with Crippen LogP contribution in [-0.2, 0) is 21.0 Å². The summed E-state index contributed by atoms with van der Waals surface area (Å²) in [4.78, 5) is 24.0. The van der Waals surface area contributed by atoms with Crippen LogP contribution in [0.25, 0.3) is 17.3 Å². The summed E-state index contributed by atoms with van der Waals surface area (Å²) < 4.78 is 11.2. The van der Waals surface area contributed by atoms with Crippen molar-refractivity contribution in [2.45, 2.75) is 20.6 Å². The van der Waals surface area contributed by atoms with Gasteiger partial charge in [0.1, 0.15) is 6.73 Å². The molecule has 1 heterocycles. The topological polar surface area (TPSA) is 70.4 Å². The van der Waals surface area contributed by atoms with E-state index in [0.29, 0.717) is 23.4 Å². The van der Waals surface area contributed by atoms with Crippen molar-refractivity contribution in [3.05, 3.63) is 57.9 Å². The first kappa shape index (κ1) is 17.6. The van der Waals surface area contributed by atoms with Crippen molar-refractivity contribution >= 4 is 12.0 Å². The first-order chi connectivity index (χ1) is 11.6. The van der Waals surface area contributed by atoms with E-state index in [1.807, 2.05) is 30.3 Å². The van der Waals surface area contributed by atoms with Gasteiger partial charge in [-0.1, -0.05) is 30.3 Å². The molecule has 126 valence electrons. The van der Waals surface area contributed by atoms with Crippen LogP contribution in [0.5, 0.6) is 0 Å². The maximum absolute atomic E-state index is 12.2. The highest BCUT2D eigenvalue weighted by Gasteiger charge is 2.12. The number of hydrogen-bond donors (Lipinski definition) is 0. The smallest absolute Gasteiger partial charge is 0.333 e. The molecule has 0 radical (unpaired) electrons. The minimum atomic E-state index is -0.419. The highest BCUT2D eigenvalue weighted by Crippen LogP contribution is 2.22. The zero-order chi connectivity index (χ0) is 17.5. The Bertz CT molecular complexity index is 794. The maximum Gasteiger partial charge on any atom is 0.333 e. The van der Waals surface area contributed by atoms with E-state index in [1.54, 1.807) is 19.9 Å². The second-order valence-corrected chi connectivity index (χ2v) is 5.12. The molecule has 0 fully saturated rings. The van der Waals surface area contributed by atoms with Gasteiger partial charge in [0.25, 0.3) is 5.56 Å². The third-order valence-corrected chi connectivity index (χ3v) is 3.30. The monoisotopic (exact) mass is 328 g/mol. The van der Waals surface area contributed by atoms with Gasteiger partial charge in [0, 0.05) is 29.9 Å². The molecule has 0 aliphatic rings. The minimum absolute atomic E-state index is 0.0551.